The smallest absolute Gasteiger partial charge is 0.306 e. The quantitative estimate of drug-likeness (QED) is 0.851. The zero-order chi connectivity index (χ0) is 15.7. The highest BCUT2D eigenvalue weighted by Gasteiger charge is 2.37. The molecule has 1 fully saturated rings. The van der Waals surface area contributed by atoms with E-state index in [9.17, 15) is 13.2 Å². The van der Waals surface area contributed by atoms with Crippen molar-refractivity contribution in [3.8, 4) is 0 Å². The van der Waals surface area contributed by atoms with Crippen LogP contribution in [0.25, 0.3) is 0 Å². The molecule has 118 valence electrons. The first-order valence-electron chi connectivity index (χ1n) is 6.94. The van der Waals surface area contributed by atoms with Gasteiger partial charge in [0.05, 0.1) is 5.92 Å². The molecule has 1 aliphatic heterocycles. The zero-order valence-electron chi connectivity index (χ0n) is 13.0. The molecule has 20 heavy (non-hydrogen) atoms. The fourth-order valence-corrected chi connectivity index (χ4v) is 4.01. The maximum Gasteiger partial charge on any atom is 0.306 e. The van der Waals surface area contributed by atoms with Gasteiger partial charge < -0.3 is 5.11 Å². The Morgan fingerprint density at radius 3 is 2.10 bits per heavy atom. The number of rotatable bonds is 4. The highest BCUT2D eigenvalue weighted by atomic mass is 32.2. The third-order valence-electron chi connectivity index (χ3n) is 4.29. The molecule has 6 nitrogen and oxygen atoms in total. The molecule has 0 aliphatic carbocycles. The summed E-state index contributed by atoms with van der Waals surface area (Å²) in [6.45, 7) is 8.45. The number of hydrogen-bond acceptors (Lipinski definition) is 3. The van der Waals surface area contributed by atoms with E-state index in [-0.39, 0.29) is 24.5 Å². The minimum atomic E-state index is -3.52. The molecule has 1 atom stereocenters. The van der Waals surface area contributed by atoms with E-state index in [1.165, 1.54) is 8.61 Å². The van der Waals surface area contributed by atoms with Crippen LogP contribution < -0.4 is 0 Å². The van der Waals surface area contributed by atoms with Crippen molar-refractivity contribution in [3.63, 3.8) is 0 Å². The molecule has 0 amide bonds. The van der Waals surface area contributed by atoms with E-state index in [2.05, 4.69) is 0 Å². The fourth-order valence-electron chi connectivity index (χ4n) is 2.26. The summed E-state index contributed by atoms with van der Waals surface area (Å²) in [5.74, 6) is -1.26. The molecular weight excluding hydrogens is 280 g/mol. The van der Waals surface area contributed by atoms with Gasteiger partial charge in [-0.3, -0.25) is 4.79 Å². The number of piperidine rings is 1. The highest BCUT2D eigenvalue weighted by Crippen LogP contribution is 2.28. The number of nitrogens with zero attached hydrogens (tertiary/aromatic N) is 2. The molecule has 0 aromatic rings. The van der Waals surface area contributed by atoms with Crippen molar-refractivity contribution >= 4 is 16.2 Å². The van der Waals surface area contributed by atoms with Crippen molar-refractivity contribution in [2.75, 3.05) is 20.1 Å². The third kappa shape index (κ3) is 3.71. The summed E-state index contributed by atoms with van der Waals surface area (Å²) in [5.41, 5.74) is -0.152. The Labute approximate surface area is 121 Å². The van der Waals surface area contributed by atoms with Gasteiger partial charge in [0.25, 0.3) is 10.2 Å². The molecule has 1 unspecified atom stereocenters. The predicted octanol–water partition coefficient (Wildman–Crippen LogP) is 1.39. The minimum Gasteiger partial charge on any atom is -0.481 e. The molecule has 1 aliphatic rings. The van der Waals surface area contributed by atoms with Gasteiger partial charge in [-0.05, 0) is 25.2 Å². The molecule has 1 saturated heterocycles. The summed E-state index contributed by atoms with van der Waals surface area (Å²) in [6, 6.07) is -0.135. The Hall–Kier alpha value is -0.660. The van der Waals surface area contributed by atoms with Crippen LogP contribution in [0.4, 0.5) is 0 Å². The van der Waals surface area contributed by atoms with Crippen LogP contribution in [-0.4, -0.2) is 54.3 Å². The fraction of sp³-hybridized carbons (Fsp3) is 0.923. The predicted molar refractivity (Wildman–Crippen MR) is 77.5 cm³/mol. The maximum absolute atomic E-state index is 12.6. The molecule has 0 spiro atoms. The molecule has 0 radical (unpaired) electrons. The Bertz CT molecular complexity index is 447. The number of aliphatic carboxylic acids is 1. The van der Waals surface area contributed by atoms with Gasteiger partial charge in [-0.1, -0.05) is 20.8 Å². The molecule has 1 heterocycles. The molecular formula is C13H26N2O4S. The lowest BCUT2D eigenvalue weighted by Crippen LogP contribution is -2.51. The van der Waals surface area contributed by atoms with Gasteiger partial charge in [0.2, 0.25) is 0 Å². The molecule has 1 N–H and O–H groups in total. The van der Waals surface area contributed by atoms with Crippen molar-refractivity contribution in [1.82, 2.24) is 8.61 Å². The van der Waals surface area contributed by atoms with Gasteiger partial charge in [-0.2, -0.15) is 17.0 Å². The van der Waals surface area contributed by atoms with Crippen LogP contribution in [0.1, 0.15) is 40.5 Å². The molecule has 1 rings (SSSR count). The lowest BCUT2D eigenvalue weighted by Gasteiger charge is -2.39. The largest absolute Gasteiger partial charge is 0.481 e. The van der Waals surface area contributed by atoms with Gasteiger partial charge in [0.1, 0.15) is 0 Å². The normalized spacial score (nSPS) is 21.1. The molecule has 0 bridgehead atoms. The van der Waals surface area contributed by atoms with Crippen molar-refractivity contribution < 1.29 is 18.3 Å². The highest BCUT2D eigenvalue weighted by molar-refractivity contribution is 7.86. The Balaban J connectivity index is 2.78. The van der Waals surface area contributed by atoms with Gasteiger partial charge >= 0.3 is 5.97 Å². The van der Waals surface area contributed by atoms with Crippen molar-refractivity contribution in [1.29, 1.82) is 0 Å². The first-order chi connectivity index (χ1) is 8.98. The van der Waals surface area contributed by atoms with Crippen LogP contribution in [0.3, 0.4) is 0 Å². The summed E-state index contributed by atoms with van der Waals surface area (Å²) in [6.07, 6.45) is 0.763. The van der Waals surface area contributed by atoms with Crippen LogP contribution in [-0.2, 0) is 15.0 Å². The first-order valence-corrected chi connectivity index (χ1v) is 8.33. The Morgan fingerprint density at radius 1 is 1.30 bits per heavy atom. The SMILES string of the molecule is CC(N(C)S(=O)(=O)N1CCC(C(=O)O)CC1)C(C)(C)C. The lowest BCUT2D eigenvalue weighted by atomic mass is 9.88. The van der Waals surface area contributed by atoms with Crippen LogP contribution >= 0.6 is 0 Å². The molecule has 7 heteroatoms. The Kier molecular flexibility index (Phi) is 5.21. The number of hydrogen-bond donors (Lipinski definition) is 1. The van der Waals surface area contributed by atoms with E-state index >= 15 is 0 Å². The van der Waals surface area contributed by atoms with E-state index in [0.29, 0.717) is 12.8 Å². The third-order valence-corrected chi connectivity index (χ3v) is 6.35. The van der Waals surface area contributed by atoms with E-state index in [0.717, 1.165) is 0 Å². The monoisotopic (exact) mass is 306 g/mol. The van der Waals surface area contributed by atoms with Gasteiger partial charge in [0, 0.05) is 26.2 Å². The molecule has 0 aromatic carbocycles. The average molecular weight is 306 g/mol. The summed E-state index contributed by atoms with van der Waals surface area (Å²) >= 11 is 0. The van der Waals surface area contributed by atoms with Crippen molar-refractivity contribution in [2.45, 2.75) is 46.6 Å². The minimum absolute atomic E-state index is 0.135. The summed E-state index contributed by atoms with van der Waals surface area (Å²) in [7, 11) is -1.93. The van der Waals surface area contributed by atoms with Crippen LogP contribution in [0, 0.1) is 11.3 Å². The van der Waals surface area contributed by atoms with Gasteiger partial charge in [0.15, 0.2) is 0 Å². The van der Waals surface area contributed by atoms with Gasteiger partial charge in [-0.25, -0.2) is 0 Å². The summed E-state index contributed by atoms with van der Waals surface area (Å²) < 4.78 is 27.9. The van der Waals surface area contributed by atoms with Crippen LogP contribution in [0.5, 0.6) is 0 Å². The Morgan fingerprint density at radius 2 is 1.75 bits per heavy atom. The number of carboxylic acid groups (broad SMARTS) is 1. The number of carbonyl (C=O) groups is 1. The zero-order valence-corrected chi connectivity index (χ0v) is 13.8. The average Bonchev–Trinajstić information content (AvgIpc) is 2.35. The van der Waals surface area contributed by atoms with Crippen LogP contribution in [0.15, 0.2) is 0 Å². The van der Waals surface area contributed by atoms with Crippen molar-refractivity contribution in [3.05, 3.63) is 0 Å². The summed E-state index contributed by atoms with van der Waals surface area (Å²) in [5, 5.41) is 8.95. The van der Waals surface area contributed by atoms with E-state index < -0.39 is 22.1 Å². The van der Waals surface area contributed by atoms with E-state index in [4.69, 9.17) is 5.11 Å². The summed E-state index contributed by atoms with van der Waals surface area (Å²) in [4.78, 5) is 10.9. The second-order valence-electron chi connectivity index (χ2n) is 6.58. The van der Waals surface area contributed by atoms with Crippen molar-refractivity contribution in [2.24, 2.45) is 11.3 Å². The molecule has 0 saturated carbocycles. The lowest BCUT2D eigenvalue weighted by molar-refractivity contribution is -0.142. The molecule has 0 aromatic heterocycles. The first kappa shape index (κ1) is 17.4. The second-order valence-corrected chi connectivity index (χ2v) is 8.57. The maximum atomic E-state index is 12.6. The number of carboxylic acids is 1. The second kappa shape index (κ2) is 5.99. The topological polar surface area (TPSA) is 77.9 Å². The van der Waals surface area contributed by atoms with E-state index in [1.54, 1.807) is 7.05 Å². The standard InChI is InChI=1S/C13H26N2O4S/c1-10(13(2,3)4)14(5)20(18,19)15-8-6-11(7-9-15)12(16)17/h10-11H,6-9H2,1-5H3,(H,16,17). The van der Waals surface area contributed by atoms with Crippen LogP contribution in [0.2, 0.25) is 0 Å². The van der Waals surface area contributed by atoms with Gasteiger partial charge in [-0.15, -0.1) is 0 Å². The van der Waals surface area contributed by atoms with E-state index in [1.807, 2.05) is 27.7 Å².